The Hall–Kier alpha value is -9.56. The van der Waals surface area contributed by atoms with Crippen LogP contribution in [0, 0.1) is 34.6 Å². The van der Waals surface area contributed by atoms with Gasteiger partial charge in [-0.2, -0.15) is 20.0 Å². The zero-order valence-electron chi connectivity index (χ0n) is 34.7. The second-order valence-electron chi connectivity index (χ2n) is 14.3. The van der Waals surface area contributed by atoms with Gasteiger partial charge in [-0.1, -0.05) is 30.3 Å². The second kappa shape index (κ2) is 17.4. The van der Waals surface area contributed by atoms with E-state index in [1.807, 2.05) is 0 Å². The van der Waals surface area contributed by atoms with E-state index >= 15 is 0 Å². The molecule has 0 spiro atoms. The van der Waals surface area contributed by atoms with Gasteiger partial charge in [0.15, 0.2) is 0 Å². The number of benzene rings is 5. The molecule has 0 saturated carbocycles. The molecule has 0 radical (unpaired) electrons. The van der Waals surface area contributed by atoms with Crippen molar-refractivity contribution in [2.45, 2.75) is 34.6 Å². The summed E-state index contributed by atoms with van der Waals surface area (Å²) >= 11 is 0. The van der Waals surface area contributed by atoms with Crippen LogP contribution in [0.25, 0.3) is 34.1 Å². The minimum atomic E-state index is -1.24. The molecular formula is C45H30N10O10. The van der Waals surface area contributed by atoms with E-state index in [2.05, 4.69) is 20.0 Å². The molecule has 0 aliphatic heterocycles. The monoisotopic (exact) mass is 870 g/mol. The molecule has 20 heteroatoms. The fraction of sp³-hybridized carbons (Fsp3) is 0.111. The van der Waals surface area contributed by atoms with Crippen molar-refractivity contribution in [2.75, 3.05) is 0 Å². The summed E-state index contributed by atoms with van der Waals surface area (Å²) < 4.78 is 3.74. The molecule has 2 heterocycles. The van der Waals surface area contributed by atoms with E-state index in [1.165, 1.54) is 122 Å². The van der Waals surface area contributed by atoms with Crippen molar-refractivity contribution in [2.24, 2.45) is 20.0 Å². The lowest BCUT2D eigenvalue weighted by Crippen LogP contribution is -2.53. The predicted molar refractivity (Wildman–Crippen MR) is 235 cm³/mol. The Kier molecular flexibility index (Phi) is 11.7. The molecule has 0 aliphatic rings. The maximum absolute atomic E-state index is 14.7. The van der Waals surface area contributed by atoms with Crippen LogP contribution in [0.1, 0.15) is 27.8 Å². The highest BCUT2D eigenvalue weighted by molar-refractivity contribution is 5.62. The summed E-state index contributed by atoms with van der Waals surface area (Å²) in [5.74, 6) is 0. The lowest BCUT2D eigenvalue weighted by atomic mass is 10.1. The molecule has 7 rings (SSSR count). The Morgan fingerprint density at radius 3 is 0.800 bits per heavy atom. The number of hydrogen-bond donors (Lipinski definition) is 0. The van der Waals surface area contributed by atoms with Gasteiger partial charge in [-0.05, 0) is 123 Å². The summed E-state index contributed by atoms with van der Waals surface area (Å²) in [6.45, 7) is 7.84. The van der Waals surface area contributed by atoms with Gasteiger partial charge in [-0.3, -0.25) is 0 Å². The van der Waals surface area contributed by atoms with Gasteiger partial charge in [0.2, 0.25) is 24.3 Å². The smallest absolute Gasteiger partial charge is 0.246 e. The highest BCUT2D eigenvalue weighted by Crippen LogP contribution is 2.26. The van der Waals surface area contributed by atoms with Crippen molar-refractivity contribution in [3.63, 3.8) is 0 Å². The van der Waals surface area contributed by atoms with E-state index in [0.29, 0.717) is 49.7 Å². The molecule has 320 valence electrons. The van der Waals surface area contributed by atoms with E-state index in [4.69, 9.17) is 0 Å². The van der Waals surface area contributed by atoms with E-state index in [1.54, 1.807) is 27.7 Å². The lowest BCUT2D eigenvalue weighted by Gasteiger charge is -2.19. The summed E-state index contributed by atoms with van der Waals surface area (Å²) in [6, 6.07) is 20.3. The molecule has 20 nitrogen and oxygen atoms in total. The molecule has 0 aliphatic carbocycles. The number of aliphatic imine (C=N–C) groups is 4. The number of aromatic nitrogens is 6. The summed E-state index contributed by atoms with van der Waals surface area (Å²) in [7, 11) is 0. The number of isocyanates is 4. The van der Waals surface area contributed by atoms with Crippen molar-refractivity contribution in [3.05, 3.63) is 182 Å². The quantitative estimate of drug-likeness (QED) is 0.141. The van der Waals surface area contributed by atoms with Crippen molar-refractivity contribution in [1.29, 1.82) is 0 Å². The molecule has 7 aromatic rings. The number of hydrogen-bond acceptors (Lipinski definition) is 14. The summed E-state index contributed by atoms with van der Waals surface area (Å²) in [6.07, 6.45) is 5.69. The number of carbonyl (C=O) groups excluding carboxylic acids is 4. The average Bonchev–Trinajstić information content (AvgIpc) is 3.26. The van der Waals surface area contributed by atoms with Crippen LogP contribution in [0.5, 0.6) is 0 Å². The number of nitrogens with zero attached hydrogens (tertiary/aromatic N) is 10. The van der Waals surface area contributed by atoms with Gasteiger partial charge in [0.1, 0.15) is 0 Å². The lowest BCUT2D eigenvalue weighted by molar-refractivity contribution is 0.564. The Morgan fingerprint density at radius 2 is 0.569 bits per heavy atom. The number of aryl methyl sites for hydroxylation is 4. The van der Waals surface area contributed by atoms with Crippen LogP contribution < -0.4 is 34.1 Å². The zero-order chi connectivity index (χ0) is 46.9. The third kappa shape index (κ3) is 7.59. The molecule has 5 aromatic carbocycles. The van der Waals surface area contributed by atoms with Crippen LogP contribution in [-0.2, 0) is 19.2 Å². The van der Waals surface area contributed by atoms with Gasteiger partial charge in [0.05, 0.1) is 56.9 Å². The third-order valence-electron chi connectivity index (χ3n) is 10.5. The third-order valence-corrected chi connectivity index (χ3v) is 10.5. The molecular weight excluding hydrogens is 841 g/mol. The SMILES string of the molecule is Cc1ccc(-n2c(=O)n(-c3ccc(C)c(N=C=O)c3)c(=O)n(-c3cccc(-n4c(=O)n(-c5ccc(C)c(N=C=O)c5)c(=O)n(-c5ccc(C)c(N=C=O)c5)c4=O)c3C)c2=O)cc1N=C=O. The fourth-order valence-electron chi connectivity index (χ4n) is 7.11. The first kappa shape index (κ1) is 43.5. The van der Waals surface area contributed by atoms with E-state index in [0.717, 1.165) is 0 Å². The van der Waals surface area contributed by atoms with Crippen LogP contribution in [0.2, 0.25) is 0 Å². The van der Waals surface area contributed by atoms with Crippen LogP contribution in [-0.4, -0.2) is 51.7 Å². The molecule has 0 saturated heterocycles. The Bertz CT molecular complexity index is 3330. The maximum atomic E-state index is 14.7. The van der Waals surface area contributed by atoms with Crippen LogP contribution in [0.3, 0.4) is 0 Å². The van der Waals surface area contributed by atoms with Crippen LogP contribution in [0.4, 0.5) is 22.7 Å². The van der Waals surface area contributed by atoms with Gasteiger partial charge in [0.25, 0.3) is 0 Å². The Labute approximate surface area is 363 Å². The normalized spacial score (nSPS) is 10.6. The van der Waals surface area contributed by atoms with Crippen LogP contribution >= 0.6 is 0 Å². The molecule has 2 aromatic heterocycles. The summed E-state index contributed by atoms with van der Waals surface area (Å²) in [4.78, 5) is 148. The minimum absolute atomic E-state index is 0.0484. The molecule has 0 unspecified atom stereocenters. The van der Waals surface area contributed by atoms with E-state index < -0.39 is 34.1 Å². The standard InChI is InChI=1S/C45H30N10O10/c1-25-9-13-30(17-34(25)46-21-56)50-40(60)51(31-14-10-26(2)35(18-31)47-22-57)43(63)54(42(50)62)38-7-6-8-39(29(38)5)55-44(64)52(32-15-11-27(3)36(19-32)48-23-58)41(61)53(45(55)65)33-16-12-28(4)37(20-33)49-24-59/h6-20H,1-5H3. The largest absolute Gasteiger partial charge is 0.345 e. The summed E-state index contributed by atoms with van der Waals surface area (Å²) in [5.41, 5.74) is -6.30. The van der Waals surface area contributed by atoms with Gasteiger partial charge >= 0.3 is 34.1 Å². The number of rotatable bonds is 10. The van der Waals surface area contributed by atoms with Crippen LogP contribution in [0.15, 0.2) is 140 Å². The second-order valence-corrected chi connectivity index (χ2v) is 14.3. The summed E-state index contributed by atoms with van der Waals surface area (Å²) in [5, 5.41) is 0. The highest BCUT2D eigenvalue weighted by atomic mass is 16.2. The fourth-order valence-corrected chi connectivity index (χ4v) is 7.11. The van der Waals surface area contributed by atoms with E-state index in [-0.39, 0.29) is 62.4 Å². The van der Waals surface area contributed by atoms with Gasteiger partial charge in [0, 0.05) is 0 Å². The van der Waals surface area contributed by atoms with Crippen molar-refractivity contribution in [1.82, 2.24) is 27.4 Å². The topological polar surface area (TPSA) is 250 Å². The molecule has 0 atom stereocenters. The average molecular weight is 871 g/mol. The maximum Gasteiger partial charge on any atom is 0.345 e. The molecule has 0 amide bonds. The Balaban J connectivity index is 1.62. The Morgan fingerprint density at radius 1 is 0.338 bits per heavy atom. The van der Waals surface area contributed by atoms with Gasteiger partial charge in [-0.25, -0.2) is 75.3 Å². The predicted octanol–water partition coefficient (Wildman–Crippen LogP) is 4.00. The minimum Gasteiger partial charge on any atom is -0.246 e. The van der Waals surface area contributed by atoms with Gasteiger partial charge < -0.3 is 0 Å². The van der Waals surface area contributed by atoms with Crippen molar-refractivity contribution >= 4 is 47.1 Å². The first-order valence-corrected chi connectivity index (χ1v) is 19.1. The van der Waals surface area contributed by atoms with Gasteiger partial charge in [-0.15, -0.1) is 0 Å². The highest BCUT2D eigenvalue weighted by Gasteiger charge is 2.26. The first-order chi connectivity index (χ1) is 31.2. The molecule has 0 bridgehead atoms. The van der Waals surface area contributed by atoms with Crippen molar-refractivity contribution < 1.29 is 19.2 Å². The van der Waals surface area contributed by atoms with Crippen molar-refractivity contribution in [3.8, 4) is 34.1 Å². The molecule has 65 heavy (non-hydrogen) atoms. The zero-order valence-corrected chi connectivity index (χ0v) is 34.7. The molecule has 0 fully saturated rings. The van der Waals surface area contributed by atoms with E-state index in [9.17, 15) is 47.9 Å². The first-order valence-electron chi connectivity index (χ1n) is 19.1. The molecule has 0 N–H and O–H groups in total.